The number of carbonyl (C=O) groups is 2. The number of esters is 2. The van der Waals surface area contributed by atoms with Gasteiger partial charge in [-0.3, -0.25) is 14.1 Å². The number of phosphoric ester groups is 1. The van der Waals surface area contributed by atoms with Crippen LogP contribution in [-0.4, -0.2) is 41.0 Å². The molecule has 0 saturated heterocycles. The molecule has 248 valence electrons. The Labute approximate surface area is 265 Å². The minimum absolute atomic E-state index is 0.0790. The van der Waals surface area contributed by atoms with Gasteiger partial charge in [-0.2, -0.15) is 0 Å². The molecule has 0 radical (unpaired) electrons. The van der Waals surface area contributed by atoms with E-state index in [0.717, 1.165) is 64.2 Å². The highest BCUT2D eigenvalue weighted by Crippen LogP contribution is 2.35. The fourth-order valence-corrected chi connectivity index (χ4v) is 3.99. The number of ether oxygens (including phenoxy) is 2. The maximum Gasteiger partial charge on any atom is 0.469 e. The lowest BCUT2D eigenvalue weighted by molar-refractivity contribution is -0.161. The molecule has 0 heterocycles. The van der Waals surface area contributed by atoms with Crippen LogP contribution in [0.1, 0.15) is 104 Å². The average Bonchev–Trinajstić information content (AvgIpc) is 2.98. The van der Waals surface area contributed by atoms with Crippen LogP contribution >= 0.6 is 7.82 Å². The molecule has 0 aromatic carbocycles. The van der Waals surface area contributed by atoms with E-state index in [9.17, 15) is 14.2 Å². The van der Waals surface area contributed by atoms with Crippen molar-refractivity contribution in [3.05, 3.63) is 85.1 Å². The summed E-state index contributed by atoms with van der Waals surface area (Å²) in [6, 6.07) is 0. The Hall–Kier alpha value is -2.77. The van der Waals surface area contributed by atoms with Gasteiger partial charge in [0.25, 0.3) is 0 Å². The SMILES string of the molecule is CC/C=C\C/C=C\C/C=C\C/C=C\CCC(=O)OC(COC(=O)CCCCC/C=C\C/C=C\C/C=C\CC)COP(=O)(O)O. The zero-order valence-electron chi connectivity index (χ0n) is 26.8. The Morgan fingerprint density at radius 2 is 1.07 bits per heavy atom. The Balaban J connectivity index is 4.24. The lowest BCUT2D eigenvalue weighted by Crippen LogP contribution is -2.29. The summed E-state index contributed by atoms with van der Waals surface area (Å²) in [6.07, 6.45) is 39.0. The van der Waals surface area contributed by atoms with Crippen molar-refractivity contribution in [2.45, 2.75) is 110 Å². The van der Waals surface area contributed by atoms with Gasteiger partial charge in [-0.1, -0.05) is 105 Å². The second kappa shape index (κ2) is 30.3. The smallest absolute Gasteiger partial charge is 0.462 e. The molecule has 0 rings (SSSR count). The first-order valence-electron chi connectivity index (χ1n) is 15.9. The van der Waals surface area contributed by atoms with Gasteiger partial charge in [-0.15, -0.1) is 0 Å². The summed E-state index contributed by atoms with van der Waals surface area (Å²) >= 11 is 0. The topological polar surface area (TPSA) is 119 Å². The number of hydrogen-bond donors (Lipinski definition) is 2. The molecule has 0 aliphatic rings. The van der Waals surface area contributed by atoms with Crippen LogP contribution in [0, 0.1) is 0 Å². The lowest BCUT2D eigenvalue weighted by atomic mass is 10.1. The standard InChI is InChI=1S/C35H55O8P/c1-3-5-7-9-11-13-15-17-19-21-23-25-27-29-34(36)41-31-33(32-42-44(38,39)40)43-35(37)30-28-26-24-22-20-18-16-14-12-10-8-6-4-2/h5-8,11-14,17-20,24,26,33H,3-4,9-10,15-16,21-23,25,27-32H2,1-2H3,(H2,38,39,40)/b7-5-,8-6-,13-11-,14-12-,19-17-,20-18-,26-24-. The summed E-state index contributed by atoms with van der Waals surface area (Å²) in [6.45, 7) is 3.31. The van der Waals surface area contributed by atoms with Crippen molar-refractivity contribution in [1.29, 1.82) is 0 Å². The van der Waals surface area contributed by atoms with E-state index in [0.29, 0.717) is 12.8 Å². The minimum Gasteiger partial charge on any atom is -0.462 e. The molecule has 0 saturated carbocycles. The molecule has 1 atom stereocenters. The molecule has 0 amide bonds. The van der Waals surface area contributed by atoms with Crippen LogP contribution in [0.3, 0.4) is 0 Å². The van der Waals surface area contributed by atoms with Crippen LogP contribution in [0.5, 0.6) is 0 Å². The van der Waals surface area contributed by atoms with Crippen LogP contribution in [0.25, 0.3) is 0 Å². The van der Waals surface area contributed by atoms with Crippen molar-refractivity contribution in [3.8, 4) is 0 Å². The molecule has 0 aromatic heterocycles. The predicted octanol–water partition coefficient (Wildman–Crippen LogP) is 8.95. The highest BCUT2D eigenvalue weighted by Gasteiger charge is 2.22. The summed E-state index contributed by atoms with van der Waals surface area (Å²) in [5, 5.41) is 0. The minimum atomic E-state index is -4.77. The fraction of sp³-hybridized carbons (Fsp3) is 0.543. The average molecular weight is 635 g/mol. The summed E-state index contributed by atoms with van der Waals surface area (Å²) in [5.41, 5.74) is 0. The van der Waals surface area contributed by atoms with Gasteiger partial charge in [-0.05, 0) is 70.6 Å². The molecule has 0 aromatic rings. The molecule has 2 N–H and O–H groups in total. The third kappa shape index (κ3) is 32.2. The highest BCUT2D eigenvalue weighted by atomic mass is 31.2. The highest BCUT2D eigenvalue weighted by molar-refractivity contribution is 7.46. The first kappa shape index (κ1) is 41.2. The van der Waals surface area contributed by atoms with Crippen LogP contribution in [-0.2, 0) is 28.2 Å². The lowest BCUT2D eigenvalue weighted by Gasteiger charge is -2.18. The molecule has 0 spiro atoms. The van der Waals surface area contributed by atoms with Crippen LogP contribution in [0.4, 0.5) is 0 Å². The van der Waals surface area contributed by atoms with E-state index in [-0.39, 0.29) is 19.4 Å². The van der Waals surface area contributed by atoms with Crippen molar-refractivity contribution < 1.29 is 37.9 Å². The van der Waals surface area contributed by atoms with E-state index in [1.807, 2.05) is 12.2 Å². The van der Waals surface area contributed by atoms with Crippen LogP contribution in [0.2, 0.25) is 0 Å². The van der Waals surface area contributed by atoms with Gasteiger partial charge in [0, 0.05) is 12.8 Å². The van der Waals surface area contributed by atoms with E-state index >= 15 is 0 Å². The number of phosphoric acid groups is 1. The van der Waals surface area contributed by atoms with Crippen molar-refractivity contribution >= 4 is 19.8 Å². The molecule has 0 aliphatic heterocycles. The van der Waals surface area contributed by atoms with E-state index in [1.165, 1.54) is 0 Å². The Kier molecular flexibility index (Phi) is 28.4. The van der Waals surface area contributed by atoms with E-state index < -0.39 is 32.5 Å². The van der Waals surface area contributed by atoms with Gasteiger partial charge in [0.1, 0.15) is 6.61 Å². The third-order valence-corrected chi connectivity index (χ3v) is 6.41. The molecular formula is C35H55O8P. The van der Waals surface area contributed by atoms with Crippen molar-refractivity contribution in [2.24, 2.45) is 0 Å². The van der Waals surface area contributed by atoms with Gasteiger partial charge >= 0.3 is 19.8 Å². The Morgan fingerprint density at radius 3 is 1.57 bits per heavy atom. The number of carbonyl (C=O) groups excluding carboxylic acids is 2. The van der Waals surface area contributed by atoms with E-state index in [2.05, 4.69) is 91.3 Å². The predicted molar refractivity (Wildman–Crippen MR) is 179 cm³/mol. The molecule has 44 heavy (non-hydrogen) atoms. The summed E-state index contributed by atoms with van der Waals surface area (Å²) < 4.78 is 26.1. The van der Waals surface area contributed by atoms with Crippen molar-refractivity contribution in [2.75, 3.05) is 13.2 Å². The van der Waals surface area contributed by atoms with Crippen LogP contribution < -0.4 is 0 Å². The van der Waals surface area contributed by atoms with Gasteiger partial charge in [0.2, 0.25) is 0 Å². The first-order chi connectivity index (χ1) is 21.3. The van der Waals surface area contributed by atoms with Gasteiger partial charge in [0.15, 0.2) is 6.10 Å². The summed E-state index contributed by atoms with van der Waals surface area (Å²) in [4.78, 5) is 42.4. The van der Waals surface area contributed by atoms with Crippen molar-refractivity contribution in [3.63, 3.8) is 0 Å². The van der Waals surface area contributed by atoms with Gasteiger partial charge in [-0.25, -0.2) is 4.57 Å². The quantitative estimate of drug-likeness (QED) is 0.0398. The zero-order valence-corrected chi connectivity index (χ0v) is 27.7. The number of allylic oxidation sites excluding steroid dienone is 14. The molecule has 0 fully saturated rings. The largest absolute Gasteiger partial charge is 0.469 e. The Bertz CT molecular complexity index is 985. The van der Waals surface area contributed by atoms with Crippen LogP contribution in [0.15, 0.2) is 85.1 Å². The monoisotopic (exact) mass is 634 g/mol. The molecule has 0 bridgehead atoms. The van der Waals surface area contributed by atoms with Gasteiger partial charge in [0.05, 0.1) is 6.61 Å². The van der Waals surface area contributed by atoms with E-state index in [1.54, 1.807) is 0 Å². The maximum atomic E-state index is 12.2. The third-order valence-electron chi connectivity index (χ3n) is 5.92. The first-order valence-corrected chi connectivity index (χ1v) is 17.4. The second-order valence-electron chi connectivity index (χ2n) is 10.0. The second-order valence-corrected chi connectivity index (χ2v) is 11.3. The molecule has 8 nitrogen and oxygen atoms in total. The molecular weight excluding hydrogens is 579 g/mol. The normalized spacial score (nSPS) is 13.6. The number of hydrogen-bond acceptors (Lipinski definition) is 6. The van der Waals surface area contributed by atoms with Crippen molar-refractivity contribution in [1.82, 2.24) is 0 Å². The summed E-state index contributed by atoms with van der Waals surface area (Å²) in [5.74, 6) is -1.03. The maximum absolute atomic E-state index is 12.2. The Morgan fingerprint density at radius 1 is 0.591 bits per heavy atom. The molecule has 9 heteroatoms. The summed E-state index contributed by atoms with van der Waals surface area (Å²) in [7, 11) is -4.77. The fourth-order valence-electron chi connectivity index (χ4n) is 3.63. The number of unbranched alkanes of at least 4 members (excludes halogenated alkanes) is 3. The zero-order chi connectivity index (χ0) is 32.6. The number of rotatable bonds is 27. The molecule has 1 unspecified atom stereocenters. The van der Waals surface area contributed by atoms with E-state index in [4.69, 9.17) is 19.3 Å². The van der Waals surface area contributed by atoms with Gasteiger partial charge < -0.3 is 19.3 Å². The molecule has 0 aliphatic carbocycles.